The zero-order valence-electron chi connectivity index (χ0n) is 7.26. The number of carbonyl (C=O) groups is 1. The quantitative estimate of drug-likeness (QED) is 0.386. The van der Waals surface area contributed by atoms with Gasteiger partial charge in [-0.25, -0.2) is 0 Å². The Balaban J connectivity index is -0.0000000910. The summed E-state index contributed by atoms with van der Waals surface area (Å²) in [6.07, 6.45) is 0. The zero-order chi connectivity index (χ0) is 8.08. The third-order valence-corrected chi connectivity index (χ3v) is 0. The van der Waals surface area contributed by atoms with E-state index >= 15 is 0 Å². The summed E-state index contributed by atoms with van der Waals surface area (Å²) in [5.74, 6) is -0.833. The molecule has 0 aliphatic heterocycles. The van der Waals surface area contributed by atoms with Gasteiger partial charge in [-0.15, -0.1) is 5.60 Å². The van der Waals surface area contributed by atoms with Gasteiger partial charge in [0.05, 0.1) is 0 Å². The van der Waals surface area contributed by atoms with E-state index in [4.69, 9.17) is 9.90 Å². The molecule has 0 atom stereocenters. The van der Waals surface area contributed by atoms with Crippen molar-refractivity contribution in [1.82, 2.24) is 0 Å². The molecule has 0 saturated heterocycles. The molecule has 0 radical (unpaired) electrons. The fraction of sp³-hybridized carbons (Fsp3) is 0.833. The summed E-state index contributed by atoms with van der Waals surface area (Å²) in [7, 11) is 0. The zero-order valence-corrected chi connectivity index (χ0v) is 9.26. The first-order valence-electron chi connectivity index (χ1n) is 2.63. The Morgan fingerprint density at radius 3 is 1.40 bits per heavy atom. The van der Waals surface area contributed by atoms with E-state index < -0.39 is 11.6 Å². The summed E-state index contributed by atoms with van der Waals surface area (Å²) >= 11 is 0. The molecule has 0 saturated carbocycles. The van der Waals surface area contributed by atoms with Gasteiger partial charge in [-0.05, 0) is 0 Å². The smallest absolute Gasteiger partial charge is 0.850 e. The van der Waals surface area contributed by atoms with Gasteiger partial charge in [0.2, 0.25) is 0 Å². The topological polar surface area (TPSA) is 60.4 Å². The van der Waals surface area contributed by atoms with E-state index in [9.17, 15) is 5.11 Å². The average molecular weight is 156 g/mol. The van der Waals surface area contributed by atoms with E-state index in [1.54, 1.807) is 20.8 Å². The molecule has 0 aliphatic carbocycles. The summed E-state index contributed by atoms with van der Waals surface area (Å²) in [5, 5.41) is 17.5. The average Bonchev–Trinajstić information content (AvgIpc) is 1.19. The minimum atomic E-state index is -0.833. The Morgan fingerprint density at radius 2 is 1.40 bits per heavy atom. The third kappa shape index (κ3) is 2520. The van der Waals surface area contributed by atoms with Crippen LogP contribution in [-0.2, 0) is 4.79 Å². The fourth-order valence-electron chi connectivity index (χ4n) is 0. The van der Waals surface area contributed by atoms with E-state index in [0.717, 1.165) is 6.92 Å². The van der Waals surface area contributed by atoms with E-state index in [2.05, 4.69) is 0 Å². The molecular formula is C6H13NaO3. The Hall–Kier alpha value is 0.430. The van der Waals surface area contributed by atoms with Crippen LogP contribution in [0.4, 0.5) is 0 Å². The number of hydrogen-bond donors (Lipinski definition) is 1. The van der Waals surface area contributed by atoms with Crippen molar-refractivity contribution in [2.75, 3.05) is 0 Å². The first kappa shape index (κ1) is 16.8. The van der Waals surface area contributed by atoms with Crippen molar-refractivity contribution in [2.45, 2.75) is 33.3 Å². The molecule has 1 N–H and O–H groups in total. The summed E-state index contributed by atoms with van der Waals surface area (Å²) in [5.41, 5.74) is -0.750. The number of carboxylic acid groups (broad SMARTS) is 1. The monoisotopic (exact) mass is 156 g/mol. The molecule has 0 aromatic rings. The predicted octanol–water partition coefficient (Wildman–Crippen LogP) is -2.76. The van der Waals surface area contributed by atoms with Gasteiger partial charge in [0.25, 0.3) is 5.97 Å². The maximum absolute atomic E-state index is 10.1. The van der Waals surface area contributed by atoms with Gasteiger partial charge >= 0.3 is 29.6 Å². The molecule has 0 spiro atoms. The Morgan fingerprint density at radius 1 is 1.40 bits per heavy atom. The van der Waals surface area contributed by atoms with Crippen LogP contribution in [0.25, 0.3) is 0 Å². The van der Waals surface area contributed by atoms with Crippen molar-refractivity contribution in [3.8, 4) is 0 Å². The van der Waals surface area contributed by atoms with Crippen molar-refractivity contribution in [3.05, 3.63) is 0 Å². The molecule has 3 nitrogen and oxygen atoms in total. The van der Waals surface area contributed by atoms with Gasteiger partial charge in [-0.3, -0.25) is 4.79 Å². The molecule has 56 valence electrons. The van der Waals surface area contributed by atoms with Crippen LogP contribution in [0.15, 0.2) is 0 Å². The van der Waals surface area contributed by atoms with E-state index in [1.807, 2.05) is 0 Å². The molecule has 0 unspecified atom stereocenters. The number of carboxylic acids is 1. The molecule has 0 aliphatic rings. The Labute approximate surface area is 83.7 Å². The Kier molecular flexibility index (Phi) is 12.7. The minimum Gasteiger partial charge on any atom is -0.850 e. The summed E-state index contributed by atoms with van der Waals surface area (Å²) in [4.78, 5) is 9.00. The predicted molar refractivity (Wildman–Crippen MR) is 33.1 cm³/mol. The van der Waals surface area contributed by atoms with Crippen LogP contribution in [0.1, 0.15) is 27.7 Å². The molecular weight excluding hydrogens is 143 g/mol. The fourth-order valence-corrected chi connectivity index (χ4v) is 0. The largest absolute Gasteiger partial charge is 1.00 e. The van der Waals surface area contributed by atoms with E-state index in [0.29, 0.717) is 0 Å². The third-order valence-electron chi connectivity index (χ3n) is 0. The van der Waals surface area contributed by atoms with Crippen LogP contribution < -0.4 is 34.7 Å². The van der Waals surface area contributed by atoms with Gasteiger partial charge in [0.15, 0.2) is 0 Å². The molecule has 0 heterocycles. The summed E-state index contributed by atoms with van der Waals surface area (Å²) < 4.78 is 0. The van der Waals surface area contributed by atoms with Crippen molar-refractivity contribution in [2.24, 2.45) is 0 Å². The second kappa shape index (κ2) is 7.54. The van der Waals surface area contributed by atoms with Crippen molar-refractivity contribution < 1.29 is 44.6 Å². The van der Waals surface area contributed by atoms with Crippen LogP contribution in [0.2, 0.25) is 0 Å². The molecule has 10 heavy (non-hydrogen) atoms. The normalized spacial score (nSPS) is 8.50. The first-order chi connectivity index (χ1) is 3.73. The van der Waals surface area contributed by atoms with E-state index in [1.165, 1.54) is 0 Å². The van der Waals surface area contributed by atoms with Crippen molar-refractivity contribution in [3.63, 3.8) is 0 Å². The second-order valence-electron chi connectivity index (χ2n) is 2.63. The van der Waals surface area contributed by atoms with Crippen molar-refractivity contribution >= 4 is 5.97 Å². The second-order valence-corrected chi connectivity index (χ2v) is 2.63. The van der Waals surface area contributed by atoms with Gasteiger partial charge in [-0.2, -0.15) is 0 Å². The van der Waals surface area contributed by atoms with Gasteiger partial charge < -0.3 is 10.2 Å². The molecule has 0 aromatic heterocycles. The standard InChI is InChI=1S/C4H9O.C2H4O2.Na/c1-4(2,3)5;1-2(3)4;/h1-3H3;1H3,(H,3,4);/q-1;;+1. The van der Waals surface area contributed by atoms with Gasteiger partial charge in [-0.1, -0.05) is 20.8 Å². The summed E-state index contributed by atoms with van der Waals surface area (Å²) in [6, 6.07) is 0. The number of hydrogen-bond acceptors (Lipinski definition) is 2. The maximum Gasteiger partial charge on any atom is 1.00 e. The molecule has 0 aromatic carbocycles. The maximum atomic E-state index is 10.1. The molecule has 0 fully saturated rings. The van der Waals surface area contributed by atoms with Gasteiger partial charge in [0, 0.05) is 6.92 Å². The molecule has 0 rings (SSSR count). The van der Waals surface area contributed by atoms with Crippen LogP contribution in [0.3, 0.4) is 0 Å². The molecule has 0 amide bonds. The summed E-state index contributed by atoms with van der Waals surface area (Å²) in [6.45, 7) is 5.98. The molecule has 0 bridgehead atoms. The SMILES string of the molecule is CC(=O)O.CC(C)(C)[O-].[Na+]. The van der Waals surface area contributed by atoms with Crippen LogP contribution >= 0.6 is 0 Å². The van der Waals surface area contributed by atoms with Crippen molar-refractivity contribution in [1.29, 1.82) is 0 Å². The van der Waals surface area contributed by atoms with Gasteiger partial charge in [0.1, 0.15) is 0 Å². The van der Waals surface area contributed by atoms with Crippen LogP contribution in [0, 0.1) is 0 Å². The number of aliphatic carboxylic acids is 1. The number of rotatable bonds is 0. The van der Waals surface area contributed by atoms with Crippen LogP contribution in [0.5, 0.6) is 0 Å². The minimum absolute atomic E-state index is 0. The van der Waals surface area contributed by atoms with E-state index in [-0.39, 0.29) is 29.6 Å². The first-order valence-corrected chi connectivity index (χ1v) is 2.63. The Bertz CT molecular complexity index is 75.5. The molecule has 4 heteroatoms. The van der Waals surface area contributed by atoms with Crippen LogP contribution in [-0.4, -0.2) is 16.7 Å².